The van der Waals surface area contributed by atoms with Crippen molar-refractivity contribution in [1.29, 1.82) is 5.26 Å². The van der Waals surface area contributed by atoms with E-state index >= 15 is 0 Å². The van der Waals surface area contributed by atoms with E-state index in [1.165, 1.54) is 13.2 Å². The van der Waals surface area contributed by atoms with Gasteiger partial charge in [0.05, 0.1) is 25.2 Å². The molecular weight excluding hydrogens is 226 g/mol. The van der Waals surface area contributed by atoms with Crippen LogP contribution in [0.3, 0.4) is 0 Å². The molecule has 0 aliphatic heterocycles. The molecule has 3 nitrogen and oxygen atoms in total. The summed E-state index contributed by atoms with van der Waals surface area (Å²) in [5.41, 5.74) is -0.229. The molecule has 1 heterocycles. The Kier molecular flexibility index (Phi) is 3.81. The SMILES string of the molecule is COc1nc(Cl)cc(CC#N)c1C(F)F. The monoisotopic (exact) mass is 232 g/mol. The lowest BCUT2D eigenvalue weighted by molar-refractivity contribution is 0.145. The highest BCUT2D eigenvalue weighted by Gasteiger charge is 2.20. The second-order valence-corrected chi connectivity index (χ2v) is 3.05. The minimum atomic E-state index is -2.74. The molecule has 0 saturated heterocycles. The first-order valence-electron chi connectivity index (χ1n) is 3.98. The van der Waals surface area contributed by atoms with Gasteiger partial charge >= 0.3 is 0 Å². The lowest BCUT2D eigenvalue weighted by Gasteiger charge is -2.10. The molecule has 0 fully saturated rings. The number of alkyl halides is 2. The molecule has 0 N–H and O–H groups in total. The molecule has 0 radical (unpaired) electrons. The predicted octanol–water partition coefficient (Wildman–Crippen LogP) is 2.75. The average molecular weight is 233 g/mol. The van der Waals surface area contributed by atoms with Crippen molar-refractivity contribution in [3.63, 3.8) is 0 Å². The van der Waals surface area contributed by atoms with Crippen LogP contribution in [0.4, 0.5) is 8.78 Å². The minimum absolute atomic E-state index is 0.0292. The molecule has 0 aromatic carbocycles. The topological polar surface area (TPSA) is 45.9 Å². The fraction of sp³-hybridized carbons (Fsp3) is 0.333. The van der Waals surface area contributed by atoms with E-state index in [0.717, 1.165) is 0 Å². The van der Waals surface area contributed by atoms with Gasteiger partial charge < -0.3 is 4.74 Å². The summed E-state index contributed by atoms with van der Waals surface area (Å²) in [6, 6.07) is 3.03. The van der Waals surface area contributed by atoms with Crippen LogP contribution in [-0.2, 0) is 6.42 Å². The number of hydrogen-bond acceptors (Lipinski definition) is 3. The van der Waals surface area contributed by atoms with Crippen LogP contribution < -0.4 is 4.74 Å². The van der Waals surface area contributed by atoms with Gasteiger partial charge in [-0.05, 0) is 11.6 Å². The van der Waals surface area contributed by atoms with Crippen molar-refractivity contribution in [2.24, 2.45) is 0 Å². The summed E-state index contributed by atoms with van der Waals surface area (Å²) in [6.45, 7) is 0. The number of halogens is 3. The molecule has 0 spiro atoms. The number of pyridine rings is 1. The maximum absolute atomic E-state index is 12.7. The molecular formula is C9H7ClF2N2O. The Morgan fingerprint density at radius 3 is 2.80 bits per heavy atom. The largest absolute Gasteiger partial charge is 0.481 e. The van der Waals surface area contributed by atoms with E-state index in [1.807, 2.05) is 0 Å². The molecule has 0 saturated carbocycles. The van der Waals surface area contributed by atoms with Gasteiger partial charge in [-0.2, -0.15) is 5.26 Å². The summed E-state index contributed by atoms with van der Waals surface area (Å²) in [7, 11) is 1.22. The highest BCUT2D eigenvalue weighted by atomic mass is 35.5. The van der Waals surface area contributed by atoms with Gasteiger partial charge in [0.1, 0.15) is 5.15 Å². The molecule has 1 aromatic rings. The highest BCUT2D eigenvalue weighted by molar-refractivity contribution is 6.29. The van der Waals surface area contributed by atoms with Gasteiger partial charge in [-0.3, -0.25) is 0 Å². The molecule has 0 unspecified atom stereocenters. The van der Waals surface area contributed by atoms with Gasteiger partial charge in [-0.25, -0.2) is 13.8 Å². The fourth-order valence-electron chi connectivity index (χ4n) is 1.17. The van der Waals surface area contributed by atoms with E-state index in [4.69, 9.17) is 16.9 Å². The van der Waals surface area contributed by atoms with Crippen LogP contribution in [0.25, 0.3) is 0 Å². The summed E-state index contributed by atoms with van der Waals surface area (Å²) < 4.78 is 30.0. The number of nitriles is 1. The fourth-order valence-corrected chi connectivity index (χ4v) is 1.38. The van der Waals surface area contributed by atoms with Crippen LogP contribution in [-0.4, -0.2) is 12.1 Å². The third kappa shape index (κ3) is 2.54. The zero-order valence-electron chi connectivity index (χ0n) is 7.80. The van der Waals surface area contributed by atoms with Crippen molar-refractivity contribution in [2.45, 2.75) is 12.8 Å². The number of aromatic nitrogens is 1. The van der Waals surface area contributed by atoms with Gasteiger partial charge in [0.2, 0.25) is 5.88 Å². The Bertz CT molecular complexity index is 404. The zero-order chi connectivity index (χ0) is 11.4. The van der Waals surface area contributed by atoms with E-state index < -0.39 is 6.43 Å². The van der Waals surface area contributed by atoms with E-state index in [0.29, 0.717) is 0 Å². The van der Waals surface area contributed by atoms with Crippen molar-refractivity contribution in [3.05, 3.63) is 22.3 Å². The molecule has 0 aliphatic rings. The van der Waals surface area contributed by atoms with Crippen molar-refractivity contribution in [3.8, 4) is 11.9 Å². The summed E-state index contributed by atoms with van der Waals surface area (Å²) in [5, 5.41) is 8.51. The Hall–Kier alpha value is -1.41. The molecule has 6 heteroatoms. The van der Waals surface area contributed by atoms with Gasteiger partial charge in [-0.1, -0.05) is 11.6 Å². The van der Waals surface area contributed by atoms with Gasteiger partial charge in [0, 0.05) is 0 Å². The second kappa shape index (κ2) is 4.89. The molecule has 80 valence electrons. The van der Waals surface area contributed by atoms with E-state index in [2.05, 4.69) is 9.72 Å². The third-order valence-corrected chi connectivity index (χ3v) is 1.95. The molecule has 1 rings (SSSR count). The summed E-state index contributed by atoms with van der Waals surface area (Å²) in [4.78, 5) is 3.61. The third-order valence-electron chi connectivity index (χ3n) is 1.76. The first-order chi connectivity index (χ1) is 7.10. The highest BCUT2D eigenvalue weighted by Crippen LogP contribution is 2.32. The van der Waals surface area contributed by atoms with Gasteiger partial charge in [0.25, 0.3) is 6.43 Å². The number of nitrogens with zero attached hydrogens (tertiary/aromatic N) is 2. The summed E-state index contributed by atoms with van der Waals surface area (Å²) >= 11 is 5.60. The number of methoxy groups -OCH3 is 1. The molecule has 0 aliphatic carbocycles. The standard InChI is InChI=1S/C9H7ClF2N2O/c1-15-9-7(8(11)12)5(2-3-13)4-6(10)14-9/h4,8H,2H2,1H3. The predicted molar refractivity (Wildman–Crippen MR) is 50.1 cm³/mol. The summed E-state index contributed by atoms with van der Waals surface area (Å²) in [5.74, 6) is -0.234. The van der Waals surface area contributed by atoms with E-state index in [9.17, 15) is 8.78 Å². The van der Waals surface area contributed by atoms with Crippen LogP contribution in [0.15, 0.2) is 6.07 Å². The summed E-state index contributed by atoms with van der Waals surface area (Å²) in [6.07, 6.45) is -2.90. The zero-order valence-corrected chi connectivity index (χ0v) is 8.55. The van der Waals surface area contributed by atoms with E-state index in [1.54, 1.807) is 6.07 Å². The first-order valence-corrected chi connectivity index (χ1v) is 4.36. The number of ether oxygens (including phenoxy) is 1. The van der Waals surface area contributed by atoms with Crippen molar-refractivity contribution in [1.82, 2.24) is 4.98 Å². The molecule has 15 heavy (non-hydrogen) atoms. The van der Waals surface area contributed by atoms with Crippen LogP contribution >= 0.6 is 11.6 Å². The quantitative estimate of drug-likeness (QED) is 0.753. The Labute approximate surface area is 90.3 Å². The van der Waals surface area contributed by atoms with Gasteiger partial charge in [0.15, 0.2) is 0 Å². The average Bonchev–Trinajstić information content (AvgIpc) is 2.16. The number of hydrogen-bond donors (Lipinski definition) is 0. The Morgan fingerprint density at radius 1 is 1.67 bits per heavy atom. The molecule has 0 atom stereocenters. The maximum atomic E-state index is 12.7. The van der Waals surface area contributed by atoms with Crippen molar-refractivity contribution >= 4 is 11.6 Å². The molecule has 0 amide bonds. The normalized spacial score (nSPS) is 10.1. The van der Waals surface area contributed by atoms with Crippen LogP contribution in [0.5, 0.6) is 5.88 Å². The van der Waals surface area contributed by atoms with E-state index in [-0.39, 0.29) is 28.6 Å². The molecule has 0 bridgehead atoms. The molecule has 1 aromatic heterocycles. The van der Waals surface area contributed by atoms with Crippen molar-refractivity contribution < 1.29 is 13.5 Å². The first kappa shape index (κ1) is 11.7. The Morgan fingerprint density at radius 2 is 2.33 bits per heavy atom. The smallest absolute Gasteiger partial charge is 0.269 e. The van der Waals surface area contributed by atoms with Crippen LogP contribution in [0.1, 0.15) is 17.6 Å². The second-order valence-electron chi connectivity index (χ2n) is 2.66. The van der Waals surface area contributed by atoms with Crippen LogP contribution in [0, 0.1) is 11.3 Å². The number of rotatable bonds is 3. The minimum Gasteiger partial charge on any atom is -0.481 e. The van der Waals surface area contributed by atoms with Gasteiger partial charge in [-0.15, -0.1) is 0 Å². The lowest BCUT2D eigenvalue weighted by Crippen LogP contribution is -2.01. The maximum Gasteiger partial charge on any atom is 0.269 e. The lowest BCUT2D eigenvalue weighted by atomic mass is 10.1. The Balaban J connectivity index is 3.34. The van der Waals surface area contributed by atoms with Crippen molar-refractivity contribution in [2.75, 3.05) is 7.11 Å². The van der Waals surface area contributed by atoms with Crippen LogP contribution in [0.2, 0.25) is 5.15 Å².